The summed E-state index contributed by atoms with van der Waals surface area (Å²) in [5.41, 5.74) is 1.05. The van der Waals surface area contributed by atoms with Crippen LogP contribution < -0.4 is 0 Å². The van der Waals surface area contributed by atoms with E-state index in [-0.39, 0.29) is 11.2 Å². The van der Waals surface area contributed by atoms with Crippen LogP contribution in [0, 0.1) is 11.7 Å². The van der Waals surface area contributed by atoms with Crippen molar-refractivity contribution in [2.75, 3.05) is 0 Å². The highest BCUT2D eigenvalue weighted by Crippen LogP contribution is 2.35. The predicted molar refractivity (Wildman–Crippen MR) is 61.6 cm³/mol. The largest absolute Gasteiger partial charge is 0.207 e. The third kappa shape index (κ3) is 2.94. The molecule has 0 aromatic heterocycles. The number of benzene rings is 1. The van der Waals surface area contributed by atoms with Crippen LogP contribution in [0.5, 0.6) is 0 Å². The van der Waals surface area contributed by atoms with E-state index < -0.39 is 0 Å². The summed E-state index contributed by atoms with van der Waals surface area (Å²) in [5.74, 6) is 0.584. The van der Waals surface area contributed by atoms with Crippen LogP contribution in [0.15, 0.2) is 24.3 Å². The molecule has 0 amide bonds. The zero-order valence-electron chi connectivity index (χ0n) is 8.76. The first-order chi connectivity index (χ1) is 7.25. The Morgan fingerprint density at radius 2 is 1.80 bits per heavy atom. The van der Waals surface area contributed by atoms with Crippen LogP contribution >= 0.6 is 11.6 Å². The van der Waals surface area contributed by atoms with Crippen molar-refractivity contribution in [3.63, 3.8) is 0 Å². The molecule has 2 heteroatoms. The maximum Gasteiger partial charge on any atom is 0.123 e. The Labute approximate surface area is 95.4 Å². The van der Waals surface area contributed by atoms with E-state index in [0.29, 0.717) is 0 Å². The van der Waals surface area contributed by atoms with Crippen LogP contribution in [0.3, 0.4) is 0 Å². The van der Waals surface area contributed by atoms with E-state index in [2.05, 4.69) is 0 Å². The molecule has 1 fully saturated rings. The fraction of sp³-hybridized carbons (Fsp3) is 0.538. The van der Waals surface area contributed by atoms with Gasteiger partial charge in [-0.1, -0.05) is 37.8 Å². The van der Waals surface area contributed by atoms with Gasteiger partial charge in [-0.05, 0) is 30.0 Å². The van der Waals surface area contributed by atoms with Gasteiger partial charge in [0, 0.05) is 0 Å². The minimum absolute atomic E-state index is 0.0497. The average molecular weight is 227 g/mol. The minimum Gasteiger partial charge on any atom is -0.207 e. The van der Waals surface area contributed by atoms with Gasteiger partial charge in [-0.3, -0.25) is 0 Å². The van der Waals surface area contributed by atoms with Gasteiger partial charge in [0.25, 0.3) is 0 Å². The SMILES string of the molecule is Fc1ccc(C(Cl)CC2CCCC2)cc1. The van der Waals surface area contributed by atoms with Crippen molar-refractivity contribution in [3.05, 3.63) is 35.6 Å². The Morgan fingerprint density at radius 3 is 2.40 bits per heavy atom. The van der Waals surface area contributed by atoms with Crippen molar-refractivity contribution < 1.29 is 4.39 Å². The van der Waals surface area contributed by atoms with E-state index in [1.165, 1.54) is 37.8 Å². The Morgan fingerprint density at radius 1 is 1.20 bits per heavy atom. The first-order valence-corrected chi connectivity index (χ1v) is 6.09. The molecular formula is C13H16ClF. The van der Waals surface area contributed by atoms with Crippen LogP contribution in [0.2, 0.25) is 0 Å². The lowest BCUT2D eigenvalue weighted by Gasteiger charge is -2.14. The quantitative estimate of drug-likeness (QED) is 0.657. The topological polar surface area (TPSA) is 0 Å². The third-order valence-electron chi connectivity index (χ3n) is 3.25. The number of rotatable bonds is 3. The monoisotopic (exact) mass is 226 g/mol. The predicted octanol–water partition coefficient (Wildman–Crippen LogP) is 4.69. The highest BCUT2D eigenvalue weighted by Gasteiger charge is 2.19. The summed E-state index contributed by atoms with van der Waals surface area (Å²) < 4.78 is 12.7. The number of alkyl halides is 1. The van der Waals surface area contributed by atoms with Gasteiger partial charge in [0.05, 0.1) is 5.38 Å². The van der Waals surface area contributed by atoms with Crippen LogP contribution in [0.25, 0.3) is 0 Å². The maximum absolute atomic E-state index is 12.7. The van der Waals surface area contributed by atoms with E-state index in [1.807, 2.05) is 0 Å². The summed E-state index contributed by atoms with van der Waals surface area (Å²) in [6.07, 6.45) is 6.34. The maximum atomic E-state index is 12.7. The van der Waals surface area contributed by atoms with Crippen LogP contribution in [-0.2, 0) is 0 Å². The van der Waals surface area contributed by atoms with E-state index in [1.54, 1.807) is 12.1 Å². The third-order valence-corrected chi connectivity index (χ3v) is 3.68. The second-order valence-electron chi connectivity index (χ2n) is 4.41. The van der Waals surface area contributed by atoms with Crippen molar-refractivity contribution in [1.29, 1.82) is 0 Å². The smallest absolute Gasteiger partial charge is 0.123 e. The Bertz CT molecular complexity index is 301. The van der Waals surface area contributed by atoms with Gasteiger partial charge in [-0.15, -0.1) is 11.6 Å². The molecule has 1 atom stereocenters. The summed E-state index contributed by atoms with van der Waals surface area (Å²) in [4.78, 5) is 0. The standard InChI is InChI=1S/C13H16ClF/c14-13(9-10-3-1-2-4-10)11-5-7-12(15)8-6-11/h5-8,10,13H,1-4,9H2. The number of hydrogen-bond donors (Lipinski definition) is 0. The molecule has 1 aliphatic carbocycles. The highest BCUT2D eigenvalue weighted by atomic mass is 35.5. The van der Waals surface area contributed by atoms with E-state index in [4.69, 9.17) is 11.6 Å². The molecule has 1 aliphatic rings. The summed E-state index contributed by atoms with van der Waals surface area (Å²) in [5, 5.41) is 0.0497. The van der Waals surface area contributed by atoms with Gasteiger partial charge in [-0.25, -0.2) is 4.39 Å². The molecule has 0 spiro atoms. The summed E-state index contributed by atoms with van der Waals surface area (Å²) >= 11 is 6.32. The molecule has 0 nitrogen and oxygen atoms in total. The summed E-state index contributed by atoms with van der Waals surface area (Å²) in [6, 6.07) is 6.56. The van der Waals surface area contributed by atoms with Crippen molar-refractivity contribution >= 4 is 11.6 Å². The lowest BCUT2D eigenvalue weighted by atomic mass is 9.98. The van der Waals surface area contributed by atoms with Crippen molar-refractivity contribution in [2.45, 2.75) is 37.5 Å². The molecule has 1 aromatic carbocycles. The Hall–Kier alpha value is -0.560. The molecule has 0 saturated heterocycles. The molecule has 0 aliphatic heterocycles. The van der Waals surface area contributed by atoms with Gasteiger partial charge in [0.2, 0.25) is 0 Å². The second kappa shape index (κ2) is 4.98. The Kier molecular flexibility index (Phi) is 3.63. The molecule has 0 radical (unpaired) electrons. The van der Waals surface area contributed by atoms with E-state index in [9.17, 15) is 4.39 Å². The summed E-state index contributed by atoms with van der Waals surface area (Å²) in [6.45, 7) is 0. The minimum atomic E-state index is -0.191. The zero-order chi connectivity index (χ0) is 10.7. The van der Waals surface area contributed by atoms with Gasteiger partial charge in [-0.2, -0.15) is 0 Å². The van der Waals surface area contributed by atoms with Crippen molar-refractivity contribution in [2.24, 2.45) is 5.92 Å². The molecule has 82 valence electrons. The molecule has 2 rings (SSSR count). The van der Waals surface area contributed by atoms with Crippen LogP contribution in [0.4, 0.5) is 4.39 Å². The number of halogens is 2. The van der Waals surface area contributed by atoms with Crippen LogP contribution in [-0.4, -0.2) is 0 Å². The lowest BCUT2D eigenvalue weighted by Crippen LogP contribution is -1.99. The molecule has 0 heterocycles. The molecule has 15 heavy (non-hydrogen) atoms. The van der Waals surface area contributed by atoms with Gasteiger partial charge >= 0.3 is 0 Å². The second-order valence-corrected chi connectivity index (χ2v) is 4.93. The van der Waals surface area contributed by atoms with Crippen molar-refractivity contribution in [1.82, 2.24) is 0 Å². The van der Waals surface area contributed by atoms with Crippen molar-refractivity contribution in [3.8, 4) is 0 Å². The fourth-order valence-corrected chi connectivity index (χ4v) is 2.74. The Balaban J connectivity index is 1.94. The lowest BCUT2D eigenvalue weighted by molar-refractivity contribution is 0.495. The first kappa shape index (κ1) is 10.9. The molecule has 1 aromatic rings. The van der Waals surface area contributed by atoms with E-state index >= 15 is 0 Å². The average Bonchev–Trinajstić information content (AvgIpc) is 2.71. The zero-order valence-corrected chi connectivity index (χ0v) is 9.51. The highest BCUT2D eigenvalue weighted by molar-refractivity contribution is 6.20. The van der Waals surface area contributed by atoms with Crippen LogP contribution in [0.1, 0.15) is 43.0 Å². The molecular weight excluding hydrogens is 211 g/mol. The van der Waals surface area contributed by atoms with Gasteiger partial charge in [0.15, 0.2) is 0 Å². The molecule has 0 bridgehead atoms. The normalized spacial score (nSPS) is 19.3. The van der Waals surface area contributed by atoms with Gasteiger partial charge in [0.1, 0.15) is 5.82 Å². The molecule has 1 unspecified atom stereocenters. The molecule has 0 N–H and O–H groups in total. The fourth-order valence-electron chi connectivity index (χ4n) is 2.35. The summed E-state index contributed by atoms with van der Waals surface area (Å²) in [7, 11) is 0. The van der Waals surface area contributed by atoms with Gasteiger partial charge < -0.3 is 0 Å². The number of hydrogen-bond acceptors (Lipinski definition) is 0. The first-order valence-electron chi connectivity index (χ1n) is 5.65. The van der Waals surface area contributed by atoms with E-state index in [0.717, 1.165) is 17.9 Å². The molecule has 1 saturated carbocycles.